The zero-order valence-electron chi connectivity index (χ0n) is 21.3. The first-order valence-electron chi connectivity index (χ1n) is 13.3. The summed E-state index contributed by atoms with van der Waals surface area (Å²) in [6.07, 6.45) is 14.3. The van der Waals surface area contributed by atoms with E-state index in [1.165, 1.54) is 31.7 Å². The van der Waals surface area contributed by atoms with Crippen molar-refractivity contribution >= 4 is 22.1 Å². The van der Waals surface area contributed by atoms with Crippen LogP contribution in [0.25, 0.3) is 55.8 Å². The molecule has 3 N–H and O–H groups in total. The van der Waals surface area contributed by atoms with Crippen LogP contribution in [0, 0.1) is 11.7 Å². The highest BCUT2D eigenvalue weighted by molar-refractivity contribution is 5.96. The number of aromatic amines is 2. The Morgan fingerprint density at radius 1 is 0.923 bits per heavy atom. The van der Waals surface area contributed by atoms with Crippen molar-refractivity contribution in [3.8, 4) is 33.8 Å². The molecule has 9 heteroatoms. The number of aromatic nitrogens is 7. The van der Waals surface area contributed by atoms with Crippen LogP contribution in [0.2, 0.25) is 0 Å². The molecule has 5 aromatic heterocycles. The number of hydrogen-bond donors (Lipinski definition) is 3. The SMILES string of the molecule is Fc1ccccc1-c1cncc2[nH]c(-c3n[nH]c4ncc(-c5cncc(CNCC6CCCC6)c5)cc34)nc12. The van der Waals surface area contributed by atoms with E-state index in [1.54, 1.807) is 30.6 Å². The smallest absolute Gasteiger partial charge is 0.159 e. The van der Waals surface area contributed by atoms with Crippen LogP contribution < -0.4 is 5.32 Å². The number of nitrogens with one attached hydrogen (secondary N) is 3. The summed E-state index contributed by atoms with van der Waals surface area (Å²) in [5.41, 5.74) is 6.78. The Hall–Kier alpha value is -4.50. The predicted octanol–water partition coefficient (Wildman–Crippen LogP) is 6.04. The Morgan fingerprint density at radius 3 is 2.67 bits per heavy atom. The highest BCUT2D eigenvalue weighted by atomic mass is 19.1. The minimum atomic E-state index is -0.319. The molecule has 194 valence electrons. The van der Waals surface area contributed by atoms with Gasteiger partial charge in [-0.05, 0) is 49.1 Å². The fourth-order valence-corrected chi connectivity index (χ4v) is 5.54. The number of halogens is 1. The second-order valence-corrected chi connectivity index (χ2v) is 10.2. The summed E-state index contributed by atoms with van der Waals surface area (Å²) in [7, 11) is 0. The Labute approximate surface area is 224 Å². The van der Waals surface area contributed by atoms with Crippen molar-refractivity contribution in [1.29, 1.82) is 0 Å². The second kappa shape index (κ2) is 9.99. The van der Waals surface area contributed by atoms with Crippen molar-refractivity contribution in [2.75, 3.05) is 6.54 Å². The third-order valence-corrected chi connectivity index (χ3v) is 7.56. The number of nitrogens with zero attached hydrogens (tertiary/aromatic N) is 5. The Morgan fingerprint density at radius 2 is 1.77 bits per heavy atom. The van der Waals surface area contributed by atoms with E-state index in [1.807, 2.05) is 18.6 Å². The molecule has 0 radical (unpaired) electrons. The van der Waals surface area contributed by atoms with E-state index in [0.717, 1.165) is 41.1 Å². The first kappa shape index (κ1) is 23.6. The van der Waals surface area contributed by atoms with Crippen LogP contribution in [0.3, 0.4) is 0 Å². The summed E-state index contributed by atoms with van der Waals surface area (Å²) in [6.45, 7) is 1.85. The van der Waals surface area contributed by atoms with Gasteiger partial charge in [-0.3, -0.25) is 15.1 Å². The molecule has 0 atom stereocenters. The lowest BCUT2D eigenvalue weighted by Gasteiger charge is -2.11. The molecular weight excluding hydrogens is 491 g/mol. The molecule has 1 aliphatic carbocycles. The minimum Gasteiger partial charge on any atom is -0.335 e. The quantitative estimate of drug-likeness (QED) is 0.238. The lowest BCUT2D eigenvalue weighted by Crippen LogP contribution is -2.20. The van der Waals surface area contributed by atoms with E-state index < -0.39 is 0 Å². The van der Waals surface area contributed by atoms with Crippen molar-refractivity contribution in [3.05, 3.63) is 78.8 Å². The number of H-pyrrole nitrogens is 2. The van der Waals surface area contributed by atoms with Gasteiger partial charge >= 0.3 is 0 Å². The summed E-state index contributed by atoms with van der Waals surface area (Å²) < 4.78 is 14.6. The summed E-state index contributed by atoms with van der Waals surface area (Å²) in [4.78, 5) is 21.5. The predicted molar refractivity (Wildman–Crippen MR) is 149 cm³/mol. The van der Waals surface area contributed by atoms with Crippen LogP contribution in [0.15, 0.2) is 67.4 Å². The summed E-state index contributed by atoms with van der Waals surface area (Å²) in [5, 5.41) is 11.9. The molecule has 1 fully saturated rings. The van der Waals surface area contributed by atoms with E-state index in [0.29, 0.717) is 39.3 Å². The van der Waals surface area contributed by atoms with E-state index >= 15 is 0 Å². The molecule has 0 amide bonds. The Balaban J connectivity index is 1.21. The second-order valence-electron chi connectivity index (χ2n) is 10.2. The molecule has 6 aromatic rings. The van der Waals surface area contributed by atoms with Crippen molar-refractivity contribution < 1.29 is 4.39 Å². The fourth-order valence-electron chi connectivity index (χ4n) is 5.54. The Bertz CT molecular complexity index is 1780. The zero-order valence-corrected chi connectivity index (χ0v) is 21.3. The van der Waals surface area contributed by atoms with Gasteiger partial charge in [-0.25, -0.2) is 14.4 Å². The number of rotatable bonds is 7. The maximum Gasteiger partial charge on any atom is 0.159 e. The maximum absolute atomic E-state index is 14.6. The fraction of sp³-hybridized carbons (Fsp3) is 0.233. The van der Waals surface area contributed by atoms with Crippen LogP contribution in [-0.4, -0.2) is 41.7 Å². The lowest BCUT2D eigenvalue weighted by atomic mass is 10.1. The van der Waals surface area contributed by atoms with Gasteiger partial charge in [0, 0.05) is 53.6 Å². The molecule has 8 nitrogen and oxygen atoms in total. The monoisotopic (exact) mass is 518 g/mol. The van der Waals surface area contributed by atoms with Gasteiger partial charge < -0.3 is 10.3 Å². The van der Waals surface area contributed by atoms with E-state index in [4.69, 9.17) is 4.98 Å². The molecule has 0 bridgehead atoms. The van der Waals surface area contributed by atoms with Crippen LogP contribution in [0.1, 0.15) is 31.2 Å². The van der Waals surface area contributed by atoms with Gasteiger partial charge in [0.15, 0.2) is 11.5 Å². The van der Waals surface area contributed by atoms with Gasteiger partial charge in [-0.1, -0.05) is 31.0 Å². The minimum absolute atomic E-state index is 0.319. The van der Waals surface area contributed by atoms with Gasteiger partial charge in [0.2, 0.25) is 0 Å². The number of fused-ring (bicyclic) bond motifs is 2. The third-order valence-electron chi connectivity index (χ3n) is 7.56. The maximum atomic E-state index is 14.6. The highest BCUT2D eigenvalue weighted by Crippen LogP contribution is 2.33. The number of benzene rings is 1. The summed E-state index contributed by atoms with van der Waals surface area (Å²) >= 11 is 0. The molecule has 7 rings (SSSR count). The van der Waals surface area contributed by atoms with Crippen LogP contribution in [0.5, 0.6) is 0 Å². The normalized spacial score (nSPS) is 14.1. The van der Waals surface area contributed by atoms with E-state index in [2.05, 4.69) is 47.6 Å². The molecular formula is C30H27FN8. The molecule has 1 aromatic carbocycles. The Kier molecular flexibility index (Phi) is 6.05. The van der Waals surface area contributed by atoms with Crippen LogP contribution >= 0.6 is 0 Å². The molecule has 0 spiro atoms. The molecule has 0 unspecified atom stereocenters. The third kappa shape index (κ3) is 4.55. The molecule has 0 aliphatic heterocycles. The zero-order chi connectivity index (χ0) is 26.2. The number of hydrogen-bond acceptors (Lipinski definition) is 6. The largest absolute Gasteiger partial charge is 0.335 e. The van der Waals surface area contributed by atoms with Gasteiger partial charge in [0.1, 0.15) is 17.0 Å². The van der Waals surface area contributed by atoms with Gasteiger partial charge in [0.25, 0.3) is 0 Å². The van der Waals surface area contributed by atoms with Crippen LogP contribution in [-0.2, 0) is 6.54 Å². The van der Waals surface area contributed by atoms with Gasteiger partial charge in [0.05, 0.1) is 17.1 Å². The van der Waals surface area contributed by atoms with E-state index in [9.17, 15) is 4.39 Å². The highest BCUT2D eigenvalue weighted by Gasteiger charge is 2.18. The first-order chi connectivity index (χ1) is 19.2. The first-order valence-corrected chi connectivity index (χ1v) is 13.3. The number of pyridine rings is 3. The molecule has 0 saturated heterocycles. The van der Waals surface area contributed by atoms with Gasteiger partial charge in [-0.15, -0.1) is 0 Å². The molecule has 1 aliphatic rings. The molecule has 1 saturated carbocycles. The summed E-state index contributed by atoms with van der Waals surface area (Å²) in [5.74, 6) is 1.04. The standard InChI is InChI=1S/C30H27FN8/c31-25-8-4-3-7-22(25)24-16-34-17-26-27(24)37-30(36-26)28-23-10-21(15-35-29(23)39-38-28)20-9-19(13-33-14-20)12-32-11-18-5-1-2-6-18/h3-4,7-10,13-18,32H,1-2,5-6,11-12H2,(H,36,37)(H,35,38,39). The molecule has 5 heterocycles. The lowest BCUT2D eigenvalue weighted by molar-refractivity contribution is 0.489. The van der Waals surface area contributed by atoms with Crippen molar-refractivity contribution in [3.63, 3.8) is 0 Å². The molecule has 39 heavy (non-hydrogen) atoms. The average Bonchev–Trinajstić information content (AvgIpc) is 3.73. The average molecular weight is 519 g/mol. The topological polar surface area (TPSA) is 108 Å². The van der Waals surface area contributed by atoms with Crippen molar-refractivity contribution in [2.45, 2.75) is 32.2 Å². The summed E-state index contributed by atoms with van der Waals surface area (Å²) in [6, 6.07) is 10.8. The van der Waals surface area contributed by atoms with Crippen LogP contribution in [0.4, 0.5) is 4.39 Å². The van der Waals surface area contributed by atoms with Crippen molar-refractivity contribution in [2.24, 2.45) is 5.92 Å². The number of imidazole rings is 1. The van der Waals surface area contributed by atoms with Gasteiger partial charge in [-0.2, -0.15) is 5.10 Å². The van der Waals surface area contributed by atoms with E-state index in [-0.39, 0.29) is 5.82 Å². The van der Waals surface area contributed by atoms with Crippen molar-refractivity contribution in [1.82, 2.24) is 40.4 Å².